The van der Waals surface area contributed by atoms with Gasteiger partial charge in [0.2, 0.25) is 0 Å². The van der Waals surface area contributed by atoms with Crippen LogP contribution >= 0.6 is 0 Å². The number of pyridine rings is 1. The van der Waals surface area contributed by atoms with Crippen molar-refractivity contribution in [1.82, 2.24) is 29.4 Å². The van der Waals surface area contributed by atoms with Crippen molar-refractivity contribution in [1.29, 1.82) is 0 Å². The number of likely N-dealkylation sites (N-methyl/N-ethyl adjacent to an activating group) is 1. The number of aldehydes is 1. The quantitative estimate of drug-likeness (QED) is 0.344. The van der Waals surface area contributed by atoms with Crippen LogP contribution in [0.5, 0.6) is 0 Å². The Morgan fingerprint density at radius 3 is 2.51 bits per heavy atom. The Morgan fingerprint density at radius 2 is 1.90 bits per heavy atom. The summed E-state index contributed by atoms with van der Waals surface area (Å²) in [6.45, 7) is 12.6. The average molecular weight is 531 g/mol. The van der Waals surface area contributed by atoms with E-state index in [2.05, 4.69) is 54.7 Å². The molecule has 8 nitrogen and oxygen atoms in total. The highest BCUT2D eigenvalue weighted by Crippen LogP contribution is 2.26. The molecule has 9 heteroatoms. The summed E-state index contributed by atoms with van der Waals surface area (Å²) in [5, 5.41) is 4.50. The van der Waals surface area contributed by atoms with Crippen LogP contribution in [0.25, 0.3) is 16.9 Å². The number of halogens is 1. The van der Waals surface area contributed by atoms with Gasteiger partial charge in [-0.3, -0.25) is 19.5 Å². The zero-order valence-corrected chi connectivity index (χ0v) is 23.3. The first-order valence-electron chi connectivity index (χ1n) is 13.0. The Bertz CT molecular complexity index is 1480. The Kier molecular flexibility index (Phi) is 8.20. The highest BCUT2D eigenvalue weighted by atomic mass is 19.1. The minimum Gasteiger partial charge on any atom is -0.334 e. The van der Waals surface area contributed by atoms with Crippen molar-refractivity contribution in [3.8, 4) is 11.3 Å². The van der Waals surface area contributed by atoms with Gasteiger partial charge in [-0.2, -0.15) is 5.10 Å². The summed E-state index contributed by atoms with van der Waals surface area (Å²) in [7, 11) is 2.10. The number of nitrogens with zero attached hydrogens (tertiary/aromatic N) is 6. The Hall–Kier alpha value is -3.98. The van der Waals surface area contributed by atoms with Crippen molar-refractivity contribution in [3.05, 3.63) is 83.2 Å². The third-order valence-corrected chi connectivity index (χ3v) is 7.16. The molecule has 0 saturated carbocycles. The molecule has 5 rings (SSSR count). The lowest BCUT2D eigenvalue weighted by atomic mass is 9.99. The number of carbonyl (C=O) groups is 2. The number of hydrogen-bond donors (Lipinski definition) is 0. The van der Waals surface area contributed by atoms with E-state index in [-0.39, 0.29) is 23.2 Å². The van der Waals surface area contributed by atoms with E-state index in [9.17, 15) is 14.0 Å². The molecule has 0 spiro atoms. The van der Waals surface area contributed by atoms with Crippen LogP contribution in [0.3, 0.4) is 0 Å². The molecule has 204 valence electrons. The van der Waals surface area contributed by atoms with Crippen molar-refractivity contribution in [2.24, 2.45) is 0 Å². The molecule has 1 amide bonds. The molecule has 1 aromatic carbocycles. The van der Waals surface area contributed by atoms with Crippen molar-refractivity contribution in [2.75, 3.05) is 26.7 Å². The molecule has 0 aliphatic carbocycles. The second kappa shape index (κ2) is 11.4. The highest BCUT2D eigenvalue weighted by molar-refractivity contribution is 5.92. The first kappa shape index (κ1) is 28.0. The van der Waals surface area contributed by atoms with Gasteiger partial charge in [0.1, 0.15) is 17.2 Å². The highest BCUT2D eigenvalue weighted by Gasteiger charge is 2.33. The summed E-state index contributed by atoms with van der Waals surface area (Å²) in [4.78, 5) is 35.8. The smallest absolute Gasteiger partial charge is 0.272 e. The maximum Gasteiger partial charge on any atom is 0.272 e. The molecular formula is C30H35FN6O2. The largest absolute Gasteiger partial charge is 0.334 e. The van der Waals surface area contributed by atoms with Gasteiger partial charge in [0.05, 0.1) is 11.9 Å². The third kappa shape index (κ3) is 6.20. The van der Waals surface area contributed by atoms with Crippen LogP contribution in [-0.2, 0) is 0 Å². The van der Waals surface area contributed by atoms with Crippen LogP contribution in [0.4, 0.5) is 4.39 Å². The number of aryl methyl sites for hydroxylation is 1. The Labute approximate surface area is 228 Å². The van der Waals surface area contributed by atoms with Crippen LogP contribution in [-0.4, -0.2) is 73.8 Å². The molecule has 4 aromatic rings. The predicted molar refractivity (Wildman–Crippen MR) is 149 cm³/mol. The van der Waals surface area contributed by atoms with Gasteiger partial charge in [-0.05, 0) is 75.7 Å². The second-order valence-corrected chi connectivity index (χ2v) is 10.8. The molecule has 0 bridgehead atoms. The topological polar surface area (TPSA) is 83.7 Å². The molecule has 1 aliphatic heterocycles. The van der Waals surface area contributed by atoms with Crippen LogP contribution in [0.1, 0.15) is 65.7 Å². The molecule has 1 saturated heterocycles. The number of hydrogen-bond acceptors (Lipinski definition) is 6. The van der Waals surface area contributed by atoms with E-state index in [0.29, 0.717) is 28.9 Å². The average Bonchev–Trinajstić information content (AvgIpc) is 3.35. The molecule has 0 atom stereocenters. The molecule has 1 fully saturated rings. The van der Waals surface area contributed by atoms with E-state index >= 15 is 0 Å². The van der Waals surface area contributed by atoms with Crippen LogP contribution < -0.4 is 0 Å². The summed E-state index contributed by atoms with van der Waals surface area (Å²) >= 11 is 0. The standard InChI is InChI=1S/C17H16FN3O.C13H19N3O/c1-10(2)14-7-16(12-4-5-15(18)11(3)6-12)20-21-8-13(9-22)19-17(14)21;1-13(2)10-16(9-8-15(13)3)12(17)11-6-4-5-7-14-11/h4-10H,1-3H3;4-7H,8-10H2,1-3H3. The van der Waals surface area contributed by atoms with E-state index in [1.807, 2.05) is 23.1 Å². The lowest BCUT2D eigenvalue weighted by Crippen LogP contribution is -2.58. The number of aromatic nitrogens is 4. The van der Waals surface area contributed by atoms with Crippen molar-refractivity contribution in [2.45, 2.75) is 46.1 Å². The van der Waals surface area contributed by atoms with Gasteiger partial charge < -0.3 is 4.90 Å². The van der Waals surface area contributed by atoms with Gasteiger partial charge in [-0.1, -0.05) is 19.9 Å². The van der Waals surface area contributed by atoms with Gasteiger partial charge in [-0.15, -0.1) is 0 Å². The summed E-state index contributed by atoms with van der Waals surface area (Å²) < 4.78 is 15.1. The zero-order chi connectivity index (χ0) is 28.3. The van der Waals surface area contributed by atoms with E-state index < -0.39 is 0 Å². The van der Waals surface area contributed by atoms with E-state index in [1.165, 1.54) is 6.07 Å². The van der Waals surface area contributed by atoms with Gasteiger partial charge in [-0.25, -0.2) is 13.9 Å². The molecule has 39 heavy (non-hydrogen) atoms. The zero-order valence-electron chi connectivity index (χ0n) is 23.3. The lowest BCUT2D eigenvalue weighted by molar-refractivity contribution is 0.0307. The number of benzene rings is 1. The molecule has 0 radical (unpaired) electrons. The number of amides is 1. The number of fused-ring (bicyclic) bond motifs is 1. The van der Waals surface area contributed by atoms with Gasteiger partial charge in [0.15, 0.2) is 11.9 Å². The third-order valence-electron chi connectivity index (χ3n) is 7.16. The summed E-state index contributed by atoms with van der Waals surface area (Å²) in [5.41, 5.74) is 4.74. The lowest BCUT2D eigenvalue weighted by Gasteiger charge is -2.45. The van der Waals surface area contributed by atoms with Crippen molar-refractivity contribution < 1.29 is 14.0 Å². The fourth-order valence-electron chi connectivity index (χ4n) is 4.51. The van der Waals surface area contributed by atoms with Gasteiger partial charge in [0, 0.05) is 42.5 Å². The first-order valence-corrected chi connectivity index (χ1v) is 13.0. The molecule has 3 aromatic heterocycles. The normalized spacial score (nSPS) is 15.2. The molecule has 4 heterocycles. The Morgan fingerprint density at radius 1 is 1.13 bits per heavy atom. The minimum absolute atomic E-state index is 0.0304. The molecular weight excluding hydrogens is 495 g/mol. The van der Waals surface area contributed by atoms with E-state index in [1.54, 1.807) is 42.0 Å². The monoisotopic (exact) mass is 530 g/mol. The van der Waals surface area contributed by atoms with Crippen LogP contribution in [0.15, 0.2) is 54.9 Å². The molecule has 0 unspecified atom stereocenters. The van der Waals surface area contributed by atoms with Crippen molar-refractivity contribution in [3.63, 3.8) is 0 Å². The number of piperazine rings is 1. The van der Waals surface area contributed by atoms with E-state index in [4.69, 9.17) is 0 Å². The van der Waals surface area contributed by atoms with Crippen LogP contribution in [0, 0.1) is 12.7 Å². The summed E-state index contributed by atoms with van der Waals surface area (Å²) in [5.74, 6) is 0.0271. The fourth-order valence-corrected chi connectivity index (χ4v) is 4.51. The maximum atomic E-state index is 13.4. The van der Waals surface area contributed by atoms with E-state index in [0.717, 1.165) is 36.5 Å². The minimum atomic E-state index is -0.236. The number of carbonyl (C=O) groups excluding carboxylic acids is 2. The number of imidazole rings is 1. The Balaban J connectivity index is 0.000000187. The summed E-state index contributed by atoms with van der Waals surface area (Å²) in [6, 6.07) is 12.3. The molecule has 0 N–H and O–H groups in total. The summed E-state index contributed by atoms with van der Waals surface area (Å²) in [6.07, 6.45) is 3.98. The fraction of sp³-hybridized carbons (Fsp3) is 0.367. The predicted octanol–water partition coefficient (Wildman–Crippen LogP) is 5.03. The SMILES string of the molecule is CN1CCN(C(=O)c2ccccn2)CC1(C)C.Cc1cc(-c2cc(C(C)C)c3nc(C=O)cn3n2)ccc1F. The van der Waals surface area contributed by atoms with Crippen molar-refractivity contribution >= 4 is 17.8 Å². The second-order valence-electron chi connectivity index (χ2n) is 10.8. The van der Waals surface area contributed by atoms with Gasteiger partial charge >= 0.3 is 0 Å². The first-order chi connectivity index (χ1) is 18.5. The maximum absolute atomic E-state index is 13.4. The van der Waals surface area contributed by atoms with Gasteiger partial charge in [0.25, 0.3) is 5.91 Å². The van der Waals surface area contributed by atoms with Crippen LogP contribution in [0.2, 0.25) is 0 Å². The molecule has 1 aliphatic rings. The number of rotatable bonds is 4.